The first-order chi connectivity index (χ1) is 12.0. The van der Waals surface area contributed by atoms with Crippen LogP contribution in [0.2, 0.25) is 5.02 Å². The monoisotopic (exact) mass is 360 g/mol. The zero-order chi connectivity index (χ0) is 18.2. The first-order valence-electron chi connectivity index (χ1n) is 8.07. The maximum absolute atomic E-state index is 12.2. The summed E-state index contributed by atoms with van der Waals surface area (Å²) in [6, 6.07) is 12.1. The van der Waals surface area contributed by atoms with Gasteiger partial charge >= 0.3 is 0 Å². The molecule has 5 nitrogen and oxygen atoms in total. The van der Waals surface area contributed by atoms with Crippen molar-refractivity contribution >= 4 is 29.1 Å². The SMILES string of the molecule is CCCNC(=O)c1ccccc1NC(=O)COc1ccc(Cl)cc1C. The van der Waals surface area contributed by atoms with Gasteiger partial charge in [0, 0.05) is 11.6 Å². The smallest absolute Gasteiger partial charge is 0.262 e. The maximum Gasteiger partial charge on any atom is 0.262 e. The normalized spacial score (nSPS) is 10.2. The third kappa shape index (κ3) is 5.50. The Morgan fingerprint density at radius 2 is 1.92 bits per heavy atom. The average molecular weight is 361 g/mol. The molecular formula is C19H21ClN2O3. The Morgan fingerprint density at radius 3 is 2.64 bits per heavy atom. The predicted octanol–water partition coefficient (Wildman–Crippen LogP) is 3.81. The summed E-state index contributed by atoms with van der Waals surface area (Å²) in [7, 11) is 0. The Bertz CT molecular complexity index is 762. The zero-order valence-electron chi connectivity index (χ0n) is 14.3. The molecule has 0 atom stereocenters. The van der Waals surface area contributed by atoms with Gasteiger partial charge in [-0.1, -0.05) is 30.7 Å². The van der Waals surface area contributed by atoms with E-state index < -0.39 is 0 Å². The average Bonchev–Trinajstić information content (AvgIpc) is 2.59. The van der Waals surface area contributed by atoms with Crippen molar-refractivity contribution in [1.29, 1.82) is 0 Å². The second kappa shape index (κ2) is 9.08. The molecule has 0 aromatic heterocycles. The number of hydrogen-bond donors (Lipinski definition) is 2. The first kappa shape index (κ1) is 18.8. The molecule has 0 aliphatic rings. The van der Waals surface area contributed by atoms with Crippen molar-refractivity contribution in [2.45, 2.75) is 20.3 Å². The Balaban J connectivity index is 1.99. The highest BCUT2D eigenvalue weighted by Gasteiger charge is 2.13. The summed E-state index contributed by atoms with van der Waals surface area (Å²) in [4.78, 5) is 24.3. The van der Waals surface area contributed by atoms with Crippen LogP contribution in [0.25, 0.3) is 0 Å². The maximum atomic E-state index is 12.2. The number of para-hydroxylation sites is 1. The van der Waals surface area contributed by atoms with Gasteiger partial charge in [0.15, 0.2) is 6.61 Å². The molecule has 0 saturated carbocycles. The number of amides is 2. The van der Waals surface area contributed by atoms with E-state index in [0.717, 1.165) is 12.0 Å². The number of carbonyl (C=O) groups excluding carboxylic acids is 2. The Morgan fingerprint density at radius 1 is 1.16 bits per heavy atom. The summed E-state index contributed by atoms with van der Waals surface area (Å²) in [5, 5.41) is 6.13. The van der Waals surface area contributed by atoms with E-state index in [-0.39, 0.29) is 18.4 Å². The van der Waals surface area contributed by atoms with E-state index in [2.05, 4.69) is 10.6 Å². The van der Waals surface area contributed by atoms with Crippen molar-refractivity contribution in [3.63, 3.8) is 0 Å². The van der Waals surface area contributed by atoms with Gasteiger partial charge in [-0.2, -0.15) is 0 Å². The van der Waals surface area contributed by atoms with E-state index >= 15 is 0 Å². The molecule has 0 aliphatic carbocycles. The van der Waals surface area contributed by atoms with Crippen molar-refractivity contribution < 1.29 is 14.3 Å². The highest BCUT2D eigenvalue weighted by Crippen LogP contribution is 2.22. The Kier molecular flexibility index (Phi) is 6.83. The van der Waals surface area contributed by atoms with Crippen LogP contribution in [-0.2, 0) is 4.79 Å². The van der Waals surface area contributed by atoms with Gasteiger partial charge in [0.1, 0.15) is 5.75 Å². The molecule has 0 unspecified atom stereocenters. The summed E-state index contributed by atoms with van der Waals surface area (Å²) in [5.74, 6) is 0.0332. The molecule has 0 heterocycles. The number of hydrogen-bond acceptors (Lipinski definition) is 3. The van der Waals surface area contributed by atoms with Gasteiger partial charge in [-0.15, -0.1) is 0 Å². The summed E-state index contributed by atoms with van der Waals surface area (Å²) in [6.45, 7) is 4.25. The second-order valence-electron chi connectivity index (χ2n) is 5.55. The first-order valence-corrected chi connectivity index (χ1v) is 8.45. The van der Waals surface area contributed by atoms with Gasteiger partial charge in [-0.3, -0.25) is 9.59 Å². The zero-order valence-corrected chi connectivity index (χ0v) is 15.0. The van der Waals surface area contributed by atoms with Crippen LogP contribution in [0.5, 0.6) is 5.75 Å². The number of benzene rings is 2. The van der Waals surface area contributed by atoms with Crippen LogP contribution in [-0.4, -0.2) is 25.0 Å². The van der Waals surface area contributed by atoms with Crippen LogP contribution in [0.4, 0.5) is 5.69 Å². The van der Waals surface area contributed by atoms with E-state index in [4.69, 9.17) is 16.3 Å². The topological polar surface area (TPSA) is 67.4 Å². The molecule has 132 valence electrons. The van der Waals surface area contributed by atoms with Crippen molar-refractivity contribution in [3.8, 4) is 5.75 Å². The number of nitrogens with one attached hydrogen (secondary N) is 2. The standard InChI is InChI=1S/C19H21ClN2O3/c1-3-10-21-19(24)15-6-4-5-7-16(15)22-18(23)12-25-17-9-8-14(20)11-13(17)2/h4-9,11H,3,10,12H2,1-2H3,(H,21,24)(H,22,23). The summed E-state index contributed by atoms with van der Waals surface area (Å²) in [6.07, 6.45) is 0.842. The van der Waals surface area contributed by atoms with Crippen LogP contribution >= 0.6 is 11.6 Å². The van der Waals surface area contributed by atoms with Crippen LogP contribution in [0.15, 0.2) is 42.5 Å². The minimum Gasteiger partial charge on any atom is -0.483 e. The lowest BCUT2D eigenvalue weighted by Gasteiger charge is -2.12. The van der Waals surface area contributed by atoms with Crippen LogP contribution in [0.3, 0.4) is 0 Å². The fourth-order valence-electron chi connectivity index (χ4n) is 2.23. The lowest BCUT2D eigenvalue weighted by molar-refractivity contribution is -0.118. The van der Waals surface area contributed by atoms with Crippen molar-refractivity contribution in [2.24, 2.45) is 0 Å². The molecule has 2 aromatic carbocycles. The highest BCUT2D eigenvalue weighted by atomic mass is 35.5. The second-order valence-corrected chi connectivity index (χ2v) is 5.98. The number of halogens is 1. The van der Waals surface area contributed by atoms with E-state index in [0.29, 0.717) is 28.6 Å². The molecule has 0 bridgehead atoms. The molecule has 0 aliphatic heterocycles. The molecule has 0 fully saturated rings. The van der Waals surface area contributed by atoms with E-state index in [9.17, 15) is 9.59 Å². The van der Waals surface area contributed by atoms with Gasteiger partial charge in [-0.25, -0.2) is 0 Å². The molecular weight excluding hydrogens is 340 g/mol. The summed E-state index contributed by atoms with van der Waals surface area (Å²) in [5.41, 5.74) is 1.73. The number of rotatable bonds is 7. The molecule has 0 saturated heterocycles. The third-order valence-electron chi connectivity index (χ3n) is 3.48. The lowest BCUT2D eigenvalue weighted by Crippen LogP contribution is -2.27. The molecule has 25 heavy (non-hydrogen) atoms. The number of anilines is 1. The van der Waals surface area contributed by atoms with Crippen LogP contribution in [0.1, 0.15) is 29.3 Å². The van der Waals surface area contributed by atoms with Crippen LogP contribution < -0.4 is 15.4 Å². The van der Waals surface area contributed by atoms with E-state index in [1.165, 1.54) is 0 Å². The van der Waals surface area contributed by atoms with Crippen molar-refractivity contribution in [2.75, 3.05) is 18.5 Å². The summed E-state index contributed by atoms with van der Waals surface area (Å²) >= 11 is 5.90. The van der Waals surface area contributed by atoms with Crippen LogP contribution in [0, 0.1) is 6.92 Å². The summed E-state index contributed by atoms with van der Waals surface area (Å²) < 4.78 is 5.52. The van der Waals surface area contributed by atoms with Gasteiger partial charge in [-0.05, 0) is 49.2 Å². The molecule has 2 amide bonds. The Hall–Kier alpha value is -2.53. The fourth-order valence-corrected chi connectivity index (χ4v) is 2.45. The largest absolute Gasteiger partial charge is 0.483 e. The molecule has 2 rings (SSSR count). The van der Waals surface area contributed by atoms with Gasteiger partial charge in [0.2, 0.25) is 0 Å². The van der Waals surface area contributed by atoms with E-state index in [1.807, 2.05) is 13.8 Å². The number of ether oxygens (including phenoxy) is 1. The predicted molar refractivity (Wildman–Crippen MR) is 99.4 cm³/mol. The third-order valence-corrected chi connectivity index (χ3v) is 3.71. The van der Waals surface area contributed by atoms with Gasteiger partial charge in [0.25, 0.3) is 11.8 Å². The lowest BCUT2D eigenvalue weighted by atomic mass is 10.1. The number of carbonyl (C=O) groups is 2. The van der Waals surface area contributed by atoms with Gasteiger partial charge in [0.05, 0.1) is 11.3 Å². The molecule has 2 aromatic rings. The quantitative estimate of drug-likeness (QED) is 0.789. The molecule has 0 radical (unpaired) electrons. The van der Waals surface area contributed by atoms with Gasteiger partial charge < -0.3 is 15.4 Å². The minimum atomic E-state index is -0.343. The van der Waals surface area contributed by atoms with Crippen molar-refractivity contribution in [3.05, 3.63) is 58.6 Å². The minimum absolute atomic E-state index is 0.159. The Labute approximate surface area is 152 Å². The highest BCUT2D eigenvalue weighted by molar-refractivity contribution is 6.30. The molecule has 0 spiro atoms. The molecule has 6 heteroatoms. The van der Waals surface area contributed by atoms with Crippen molar-refractivity contribution in [1.82, 2.24) is 5.32 Å². The fraction of sp³-hybridized carbons (Fsp3) is 0.263. The number of aryl methyl sites for hydroxylation is 1. The molecule has 2 N–H and O–H groups in total. The van der Waals surface area contributed by atoms with E-state index in [1.54, 1.807) is 42.5 Å².